The molecule has 112 valence electrons. The fourth-order valence-corrected chi connectivity index (χ4v) is 3.28. The van der Waals surface area contributed by atoms with E-state index >= 15 is 0 Å². The number of amides is 2. The number of piperidine rings is 1. The van der Waals surface area contributed by atoms with E-state index in [0.717, 1.165) is 19.4 Å². The Balaban J connectivity index is 1.77. The average molecular weight is 288 g/mol. The van der Waals surface area contributed by atoms with Crippen molar-refractivity contribution in [2.45, 2.75) is 25.3 Å². The lowest BCUT2D eigenvalue weighted by atomic mass is 9.97. The lowest BCUT2D eigenvalue weighted by molar-refractivity contribution is -0.123. The molecule has 0 radical (unpaired) electrons. The van der Waals surface area contributed by atoms with E-state index in [1.165, 1.54) is 4.90 Å². The Hall–Kier alpha value is -1.72. The minimum atomic E-state index is -0.368. The molecule has 21 heavy (non-hydrogen) atoms. The number of para-hydroxylation sites is 1. The molecule has 2 aliphatic heterocycles. The molecule has 0 aromatic heterocycles. The molecule has 2 fully saturated rings. The normalized spacial score (nSPS) is 27.4. The van der Waals surface area contributed by atoms with Crippen LogP contribution in [-0.4, -0.2) is 47.6 Å². The third kappa shape index (κ3) is 2.71. The monoisotopic (exact) mass is 288 g/mol. The summed E-state index contributed by atoms with van der Waals surface area (Å²) in [6.07, 6.45) is 2.20. The van der Waals surface area contributed by atoms with Gasteiger partial charge in [0.1, 0.15) is 0 Å². The second kappa shape index (κ2) is 5.95. The van der Waals surface area contributed by atoms with E-state index in [9.17, 15) is 14.7 Å². The quantitative estimate of drug-likeness (QED) is 0.844. The van der Waals surface area contributed by atoms with Gasteiger partial charge in [0, 0.05) is 13.2 Å². The maximum atomic E-state index is 12.6. The van der Waals surface area contributed by atoms with Crippen LogP contribution in [0, 0.1) is 5.92 Å². The van der Waals surface area contributed by atoms with Crippen LogP contribution >= 0.6 is 0 Å². The number of hydrogen-bond donors (Lipinski definition) is 1. The molecule has 2 amide bonds. The predicted molar refractivity (Wildman–Crippen MR) is 78.7 cm³/mol. The molecule has 0 saturated carbocycles. The Labute approximate surface area is 124 Å². The molecule has 2 heterocycles. The molecule has 1 aromatic carbocycles. The standard InChI is InChI=1S/C16H20N2O3/c19-11-12-5-4-8-17(10-12)14-9-15(20)18(16(14)21)13-6-2-1-3-7-13/h1-3,6-7,12,14,19H,4-5,8-11H2/t12-,14-/m1/s1. The van der Waals surface area contributed by atoms with Crippen molar-refractivity contribution >= 4 is 17.5 Å². The first-order valence-electron chi connectivity index (χ1n) is 7.47. The van der Waals surface area contributed by atoms with E-state index in [1.807, 2.05) is 18.2 Å². The van der Waals surface area contributed by atoms with Crippen molar-refractivity contribution in [1.29, 1.82) is 0 Å². The third-order valence-corrected chi connectivity index (χ3v) is 4.39. The van der Waals surface area contributed by atoms with Gasteiger partial charge in [-0.3, -0.25) is 14.5 Å². The number of aliphatic hydroxyl groups is 1. The van der Waals surface area contributed by atoms with Gasteiger partial charge in [-0.25, -0.2) is 4.90 Å². The van der Waals surface area contributed by atoms with Gasteiger partial charge in [0.05, 0.1) is 18.2 Å². The van der Waals surface area contributed by atoms with Gasteiger partial charge in [-0.1, -0.05) is 18.2 Å². The highest BCUT2D eigenvalue weighted by Crippen LogP contribution is 2.28. The van der Waals surface area contributed by atoms with Crippen molar-refractivity contribution in [2.75, 3.05) is 24.6 Å². The average Bonchev–Trinajstić information content (AvgIpc) is 2.83. The molecule has 0 aliphatic carbocycles. The number of carbonyl (C=O) groups is 2. The number of anilines is 1. The van der Waals surface area contributed by atoms with Crippen LogP contribution in [0.15, 0.2) is 30.3 Å². The van der Waals surface area contributed by atoms with E-state index in [-0.39, 0.29) is 36.8 Å². The molecule has 5 heteroatoms. The smallest absolute Gasteiger partial charge is 0.251 e. The molecule has 3 rings (SSSR count). The summed E-state index contributed by atoms with van der Waals surface area (Å²) in [6, 6.07) is 8.71. The summed E-state index contributed by atoms with van der Waals surface area (Å²) in [6.45, 7) is 1.67. The molecule has 0 unspecified atom stereocenters. The van der Waals surface area contributed by atoms with Gasteiger partial charge in [-0.05, 0) is 37.4 Å². The Bertz CT molecular complexity index is 532. The highest BCUT2D eigenvalue weighted by atomic mass is 16.3. The molecule has 0 bridgehead atoms. The zero-order chi connectivity index (χ0) is 14.8. The van der Waals surface area contributed by atoms with Crippen LogP contribution in [0.4, 0.5) is 5.69 Å². The number of aliphatic hydroxyl groups excluding tert-OH is 1. The molecule has 2 aliphatic rings. The fraction of sp³-hybridized carbons (Fsp3) is 0.500. The fourth-order valence-electron chi connectivity index (χ4n) is 3.28. The molecule has 2 atom stereocenters. The van der Waals surface area contributed by atoms with E-state index in [0.29, 0.717) is 12.2 Å². The summed E-state index contributed by atoms with van der Waals surface area (Å²) >= 11 is 0. The number of carbonyl (C=O) groups excluding carboxylic acids is 2. The van der Waals surface area contributed by atoms with E-state index in [4.69, 9.17) is 0 Å². The summed E-state index contributed by atoms with van der Waals surface area (Å²) in [4.78, 5) is 28.2. The number of imide groups is 1. The van der Waals surface area contributed by atoms with Crippen LogP contribution in [0.5, 0.6) is 0 Å². The topological polar surface area (TPSA) is 60.9 Å². The van der Waals surface area contributed by atoms with Gasteiger partial charge in [-0.15, -0.1) is 0 Å². The van der Waals surface area contributed by atoms with Gasteiger partial charge in [0.15, 0.2) is 0 Å². The van der Waals surface area contributed by atoms with Crippen LogP contribution in [0.3, 0.4) is 0 Å². The first kappa shape index (κ1) is 14.2. The lowest BCUT2D eigenvalue weighted by Gasteiger charge is -2.34. The first-order valence-corrected chi connectivity index (χ1v) is 7.47. The van der Waals surface area contributed by atoms with E-state index < -0.39 is 0 Å². The Kier molecular flexibility index (Phi) is 4.03. The van der Waals surface area contributed by atoms with Gasteiger partial charge in [0.2, 0.25) is 5.91 Å². The summed E-state index contributed by atoms with van der Waals surface area (Å²) in [5.41, 5.74) is 0.644. The zero-order valence-corrected chi connectivity index (χ0v) is 11.9. The number of rotatable bonds is 3. The molecule has 1 aromatic rings. The summed E-state index contributed by atoms with van der Waals surface area (Å²) in [5, 5.41) is 9.31. The van der Waals surface area contributed by atoms with E-state index in [1.54, 1.807) is 12.1 Å². The second-order valence-corrected chi connectivity index (χ2v) is 5.81. The molecular weight excluding hydrogens is 268 g/mol. The van der Waals surface area contributed by atoms with Crippen LogP contribution in [-0.2, 0) is 9.59 Å². The Morgan fingerprint density at radius 2 is 1.95 bits per heavy atom. The predicted octanol–water partition coefficient (Wildman–Crippen LogP) is 1.02. The van der Waals surface area contributed by atoms with Crippen LogP contribution in [0.25, 0.3) is 0 Å². The SMILES string of the molecule is O=C1C[C@@H](N2CCC[C@@H](CO)C2)C(=O)N1c1ccccc1. The molecule has 0 spiro atoms. The number of benzene rings is 1. The zero-order valence-electron chi connectivity index (χ0n) is 11.9. The minimum Gasteiger partial charge on any atom is -0.396 e. The molecular formula is C16H20N2O3. The third-order valence-electron chi connectivity index (χ3n) is 4.39. The van der Waals surface area contributed by atoms with Gasteiger partial charge < -0.3 is 5.11 Å². The molecule has 2 saturated heterocycles. The summed E-state index contributed by atoms with van der Waals surface area (Å²) in [7, 11) is 0. The van der Waals surface area contributed by atoms with Gasteiger partial charge in [-0.2, -0.15) is 0 Å². The van der Waals surface area contributed by atoms with Gasteiger partial charge in [0.25, 0.3) is 5.91 Å². The number of hydrogen-bond acceptors (Lipinski definition) is 4. The van der Waals surface area contributed by atoms with Crippen molar-refractivity contribution in [1.82, 2.24) is 4.90 Å². The summed E-state index contributed by atoms with van der Waals surface area (Å²) in [5.74, 6) is -0.0560. The maximum Gasteiger partial charge on any atom is 0.251 e. The molecule has 1 N–H and O–H groups in total. The van der Waals surface area contributed by atoms with Crippen molar-refractivity contribution in [2.24, 2.45) is 5.92 Å². The van der Waals surface area contributed by atoms with Crippen molar-refractivity contribution in [3.63, 3.8) is 0 Å². The van der Waals surface area contributed by atoms with Crippen LogP contribution in [0.2, 0.25) is 0 Å². The van der Waals surface area contributed by atoms with Crippen molar-refractivity contribution in [3.8, 4) is 0 Å². The van der Waals surface area contributed by atoms with Crippen LogP contribution < -0.4 is 4.90 Å². The Morgan fingerprint density at radius 1 is 1.19 bits per heavy atom. The lowest BCUT2D eigenvalue weighted by Crippen LogP contribution is -2.47. The first-order chi connectivity index (χ1) is 10.2. The number of likely N-dealkylation sites (tertiary alicyclic amines) is 1. The van der Waals surface area contributed by atoms with Crippen molar-refractivity contribution < 1.29 is 14.7 Å². The van der Waals surface area contributed by atoms with E-state index in [2.05, 4.69) is 4.90 Å². The van der Waals surface area contributed by atoms with Gasteiger partial charge >= 0.3 is 0 Å². The largest absolute Gasteiger partial charge is 0.396 e. The van der Waals surface area contributed by atoms with Crippen LogP contribution in [0.1, 0.15) is 19.3 Å². The highest BCUT2D eigenvalue weighted by Gasteiger charge is 2.43. The minimum absolute atomic E-state index is 0.134. The number of nitrogens with zero attached hydrogens (tertiary/aromatic N) is 2. The highest BCUT2D eigenvalue weighted by molar-refractivity contribution is 6.22. The second-order valence-electron chi connectivity index (χ2n) is 5.81. The molecule has 5 nitrogen and oxygen atoms in total. The Morgan fingerprint density at radius 3 is 2.67 bits per heavy atom. The van der Waals surface area contributed by atoms with Crippen molar-refractivity contribution in [3.05, 3.63) is 30.3 Å². The maximum absolute atomic E-state index is 12.6. The summed E-state index contributed by atoms with van der Waals surface area (Å²) < 4.78 is 0.